The lowest BCUT2D eigenvalue weighted by Gasteiger charge is -2.30. The fourth-order valence-electron chi connectivity index (χ4n) is 4.81. The van der Waals surface area contributed by atoms with Gasteiger partial charge in [0.05, 0.1) is 12.5 Å². The molecule has 4 rings (SSSR count). The number of halogens is 1. The van der Waals surface area contributed by atoms with E-state index in [9.17, 15) is 14.0 Å². The van der Waals surface area contributed by atoms with Crippen molar-refractivity contribution in [3.05, 3.63) is 46.8 Å². The predicted molar refractivity (Wildman–Crippen MR) is 101 cm³/mol. The third kappa shape index (κ3) is 3.92. The molecule has 4 nitrogen and oxygen atoms in total. The number of nitrogens with one attached hydrogen (secondary N) is 1. The number of amides is 2. The SMILES string of the molecule is O=C(CC1=C2CCCCC2N(Cc2ccc(F)cc2)C1=O)NC1CCCC1. The van der Waals surface area contributed by atoms with E-state index in [1.165, 1.54) is 25.0 Å². The highest BCUT2D eigenvalue weighted by molar-refractivity contribution is 6.02. The van der Waals surface area contributed by atoms with E-state index < -0.39 is 0 Å². The van der Waals surface area contributed by atoms with Crippen molar-refractivity contribution in [2.24, 2.45) is 0 Å². The zero-order valence-corrected chi connectivity index (χ0v) is 15.7. The Hall–Kier alpha value is -2.17. The minimum atomic E-state index is -0.271. The normalized spacial score (nSPS) is 23.1. The highest BCUT2D eigenvalue weighted by Gasteiger charge is 2.40. The van der Waals surface area contributed by atoms with E-state index in [0.29, 0.717) is 12.1 Å². The molecule has 1 heterocycles. The van der Waals surface area contributed by atoms with Gasteiger partial charge in [0.2, 0.25) is 5.91 Å². The summed E-state index contributed by atoms with van der Waals surface area (Å²) in [7, 11) is 0. The van der Waals surface area contributed by atoms with Crippen molar-refractivity contribution in [1.29, 1.82) is 0 Å². The lowest BCUT2D eigenvalue weighted by atomic mass is 9.88. The second kappa shape index (κ2) is 7.83. The minimum absolute atomic E-state index is 0.0113. The van der Waals surface area contributed by atoms with Gasteiger partial charge in [-0.25, -0.2) is 4.39 Å². The molecule has 0 radical (unpaired) electrons. The van der Waals surface area contributed by atoms with Gasteiger partial charge in [-0.05, 0) is 55.4 Å². The lowest BCUT2D eigenvalue weighted by Crippen LogP contribution is -2.37. The van der Waals surface area contributed by atoms with Gasteiger partial charge in [-0.2, -0.15) is 0 Å². The molecule has 0 aromatic heterocycles. The molecule has 0 saturated heterocycles. The van der Waals surface area contributed by atoms with Crippen LogP contribution in [0.2, 0.25) is 0 Å². The molecule has 3 aliphatic rings. The summed E-state index contributed by atoms with van der Waals surface area (Å²) in [5.41, 5.74) is 2.79. The number of benzene rings is 1. The fourth-order valence-corrected chi connectivity index (χ4v) is 4.81. The van der Waals surface area contributed by atoms with Crippen molar-refractivity contribution < 1.29 is 14.0 Å². The molecular formula is C22H27FN2O2. The number of hydrogen-bond donors (Lipinski definition) is 1. The molecule has 2 amide bonds. The molecule has 0 spiro atoms. The molecule has 5 heteroatoms. The summed E-state index contributed by atoms with van der Waals surface area (Å²) in [6, 6.07) is 6.70. The summed E-state index contributed by atoms with van der Waals surface area (Å²) in [5, 5.41) is 3.11. The fraction of sp³-hybridized carbons (Fsp3) is 0.545. The summed E-state index contributed by atoms with van der Waals surface area (Å²) >= 11 is 0. The largest absolute Gasteiger partial charge is 0.353 e. The topological polar surface area (TPSA) is 49.4 Å². The zero-order chi connectivity index (χ0) is 18.8. The monoisotopic (exact) mass is 370 g/mol. The Morgan fingerprint density at radius 1 is 1.07 bits per heavy atom. The standard InChI is InChI=1S/C22H27FN2O2/c23-16-11-9-15(10-12-16)14-25-20-8-4-3-7-18(20)19(22(25)27)13-21(26)24-17-5-1-2-6-17/h9-12,17,20H,1-8,13-14H2,(H,24,26). The van der Waals surface area contributed by atoms with Crippen molar-refractivity contribution in [2.45, 2.75) is 76.4 Å². The molecule has 1 unspecified atom stereocenters. The van der Waals surface area contributed by atoms with Crippen LogP contribution >= 0.6 is 0 Å². The van der Waals surface area contributed by atoms with E-state index in [0.717, 1.165) is 49.7 Å². The first-order valence-electron chi connectivity index (χ1n) is 10.2. The predicted octanol–water partition coefficient (Wildman–Crippen LogP) is 3.86. The van der Waals surface area contributed by atoms with Gasteiger partial charge in [0.15, 0.2) is 0 Å². The summed E-state index contributed by atoms with van der Waals surface area (Å²) in [6.45, 7) is 0.473. The molecule has 27 heavy (non-hydrogen) atoms. The summed E-state index contributed by atoms with van der Waals surface area (Å²) in [6.07, 6.45) is 8.67. The van der Waals surface area contributed by atoms with Crippen molar-refractivity contribution in [2.75, 3.05) is 0 Å². The number of hydrogen-bond acceptors (Lipinski definition) is 2. The summed E-state index contributed by atoms with van der Waals surface area (Å²) in [4.78, 5) is 27.5. The molecule has 1 N–H and O–H groups in total. The molecule has 1 aliphatic heterocycles. The van der Waals surface area contributed by atoms with Crippen LogP contribution in [0.15, 0.2) is 35.4 Å². The van der Waals surface area contributed by atoms with E-state index in [1.807, 2.05) is 4.90 Å². The van der Waals surface area contributed by atoms with E-state index in [-0.39, 0.29) is 36.1 Å². The zero-order valence-electron chi connectivity index (χ0n) is 15.7. The quantitative estimate of drug-likeness (QED) is 0.856. The first kappa shape index (κ1) is 18.2. The van der Waals surface area contributed by atoms with Gasteiger partial charge in [-0.15, -0.1) is 0 Å². The number of rotatable bonds is 5. The molecule has 2 saturated carbocycles. The van der Waals surface area contributed by atoms with Crippen molar-refractivity contribution in [3.8, 4) is 0 Å². The van der Waals surface area contributed by atoms with Gasteiger partial charge in [-0.1, -0.05) is 31.4 Å². The van der Waals surface area contributed by atoms with Crippen LogP contribution in [0.4, 0.5) is 4.39 Å². The highest BCUT2D eigenvalue weighted by atomic mass is 19.1. The van der Waals surface area contributed by atoms with Crippen molar-refractivity contribution >= 4 is 11.8 Å². The molecule has 1 aromatic rings. The second-order valence-corrected chi connectivity index (χ2v) is 8.05. The van der Waals surface area contributed by atoms with Gasteiger partial charge in [0.25, 0.3) is 5.91 Å². The van der Waals surface area contributed by atoms with Crippen LogP contribution in [0.1, 0.15) is 63.4 Å². The minimum Gasteiger partial charge on any atom is -0.353 e. The van der Waals surface area contributed by atoms with Crippen LogP contribution in [0.3, 0.4) is 0 Å². The van der Waals surface area contributed by atoms with E-state index >= 15 is 0 Å². The first-order valence-corrected chi connectivity index (χ1v) is 10.2. The van der Waals surface area contributed by atoms with Crippen LogP contribution in [-0.4, -0.2) is 28.8 Å². The Morgan fingerprint density at radius 3 is 2.52 bits per heavy atom. The summed E-state index contributed by atoms with van der Waals surface area (Å²) < 4.78 is 13.2. The second-order valence-electron chi connectivity index (χ2n) is 8.05. The molecule has 1 atom stereocenters. The molecule has 2 fully saturated rings. The number of carbonyl (C=O) groups is 2. The van der Waals surface area contributed by atoms with Crippen LogP contribution in [-0.2, 0) is 16.1 Å². The molecule has 1 aromatic carbocycles. The van der Waals surface area contributed by atoms with Crippen LogP contribution in [0.25, 0.3) is 0 Å². The highest BCUT2D eigenvalue weighted by Crippen LogP contribution is 2.38. The van der Waals surface area contributed by atoms with Crippen molar-refractivity contribution in [1.82, 2.24) is 10.2 Å². The average molecular weight is 370 g/mol. The smallest absolute Gasteiger partial charge is 0.251 e. The molecule has 0 bridgehead atoms. The number of fused-ring (bicyclic) bond motifs is 1. The van der Waals surface area contributed by atoms with Gasteiger partial charge in [0.1, 0.15) is 5.82 Å². The van der Waals surface area contributed by atoms with Gasteiger partial charge in [-0.3, -0.25) is 9.59 Å². The first-order chi connectivity index (χ1) is 13.1. The maximum atomic E-state index is 13.2. The van der Waals surface area contributed by atoms with Crippen molar-refractivity contribution in [3.63, 3.8) is 0 Å². The van der Waals surface area contributed by atoms with Gasteiger partial charge < -0.3 is 10.2 Å². The maximum Gasteiger partial charge on any atom is 0.251 e. The Balaban J connectivity index is 1.48. The van der Waals surface area contributed by atoms with E-state index in [2.05, 4.69) is 5.32 Å². The molecule has 2 aliphatic carbocycles. The van der Waals surface area contributed by atoms with Crippen LogP contribution in [0, 0.1) is 5.82 Å². The Morgan fingerprint density at radius 2 is 1.78 bits per heavy atom. The Kier molecular flexibility index (Phi) is 5.28. The molecule has 144 valence electrons. The maximum absolute atomic E-state index is 13.2. The van der Waals surface area contributed by atoms with E-state index in [1.54, 1.807) is 12.1 Å². The molecular weight excluding hydrogens is 343 g/mol. The van der Waals surface area contributed by atoms with Gasteiger partial charge in [0, 0.05) is 18.2 Å². The van der Waals surface area contributed by atoms with E-state index in [4.69, 9.17) is 0 Å². The average Bonchev–Trinajstić information content (AvgIpc) is 3.26. The van der Waals surface area contributed by atoms with Crippen LogP contribution in [0.5, 0.6) is 0 Å². The Labute approximate surface area is 159 Å². The summed E-state index contributed by atoms with van der Waals surface area (Å²) in [5.74, 6) is -0.305. The van der Waals surface area contributed by atoms with Gasteiger partial charge >= 0.3 is 0 Å². The number of nitrogens with zero attached hydrogens (tertiary/aromatic N) is 1. The third-order valence-electron chi connectivity index (χ3n) is 6.18. The third-order valence-corrected chi connectivity index (χ3v) is 6.18. The van der Waals surface area contributed by atoms with Crippen LogP contribution < -0.4 is 5.32 Å². The number of carbonyl (C=O) groups excluding carboxylic acids is 2. The Bertz CT molecular complexity index is 750. The lowest BCUT2D eigenvalue weighted by molar-refractivity contribution is -0.129.